The number of benzene rings is 2. The van der Waals surface area contributed by atoms with Crippen molar-refractivity contribution in [3.05, 3.63) is 59.7 Å². The van der Waals surface area contributed by atoms with Crippen LogP contribution in [0.4, 0.5) is 5.69 Å². The lowest BCUT2D eigenvalue weighted by molar-refractivity contribution is -0.182. The first-order valence-corrected chi connectivity index (χ1v) is 16.3. The van der Waals surface area contributed by atoms with Crippen LogP contribution in [0.3, 0.4) is 0 Å². The molecule has 3 saturated carbocycles. The maximum Gasteiger partial charge on any atom is 0.335 e. The Hall–Kier alpha value is -3.48. The number of carboxylic acid groups (broad SMARTS) is 1. The number of amides is 1. The van der Waals surface area contributed by atoms with E-state index >= 15 is 0 Å². The highest BCUT2D eigenvalue weighted by Crippen LogP contribution is 2.49. The molecule has 7 rings (SSSR count). The highest BCUT2D eigenvalue weighted by Gasteiger charge is 2.50. The Kier molecular flexibility index (Phi) is 9.40. The molecule has 2 bridgehead atoms. The van der Waals surface area contributed by atoms with Crippen molar-refractivity contribution in [2.75, 3.05) is 31.8 Å². The number of fused-ring (bicyclic) bond motifs is 2. The molecule has 2 unspecified atom stereocenters. The smallest absolute Gasteiger partial charge is 0.335 e. The van der Waals surface area contributed by atoms with Gasteiger partial charge in [-0.2, -0.15) is 5.06 Å². The predicted molar refractivity (Wildman–Crippen MR) is 171 cm³/mol. The van der Waals surface area contributed by atoms with Gasteiger partial charge in [0, 0.05) is 35.3 Å². The number of aliphatic hydroxyl groups excluding tert-OH is 3. The molecular formula is C35H45N3O8. The van der Waals surface area contributed by atoms with Crippen molar-refractivity contribution in [1.29, 1.82) is 0 Å². The van der Waals surface area contributed by atoms with Gasteiger partial charge in [-0.25, -0.2) is 4.79 Å². The fourth-order valence-corrected chi connectivity index (χ4v) is 8.14. The third-order valence-electron chi connectivity index (χ3n) is 10.5. The molecule has 0 aromatic heterocycles. The van der Waals surface area contributed by atoms with Crippen molar-refractivity contribution in [3.63, 3.8) is 0 Å². The highest BCUT2D eigenvalue weighted by atomic mass is 16.7. The third-order valence-corrected chi connectivity index (χ3v) is 10.5. The Morgan fingerprint density at radius 2 is 1.89 bits per heavy atom. The highest BCUT2D eigenvalue weighted by molar-refractivity contribution is 5.92. The molecule has 2 heterocycles. The van der Waals surface area contributed by atoms with Crippen LogP contribution in [0.1, 0.15) is 54.9 Å². The summed E-state index contributed by atoms with van der Waals surface area (Å²) in [6.45, 7) is 6.24. The molecule has 5 fully saturated rings. The van der Waals surface area contributed by atoms with E-state index < -0.39 is 30.1 Å². The molecule has 248 valence electrons. The summed E-state index contributed by atoms with van der Waals surface area (Å²) in [6.07, 6.45) is 2.85. The van der Waals surface area contributed by atoms with Gasteiger partial charge in [-0.1, -0.05) is 30.4 Å². The summed E-state index contributed by atoms with van der Waals surface area (Å²) in [5.41, 5.74) is 4.11. The lowest BCUT2D eigenvalue weighted by Gasteiger charge is -2.48. The van der Waals surface area contributed by atoms with E-state index in [1.54, 1.807) is 26.2 Å². The summed E-state index contributed by atoms with van der Waals surface area (Å²) in [4.78, 5) is 34.3. The minimum absolute atomic E-state index is 0.0148. The van der Waals surface area contributed by atoms with Crippen molar-refractivity contribution >= 4 is 17.6 Å². The SMILES string of the molecule is C=C1C2CC(NC(=O)[C@@H]3[C@H]([C@H](C)O)[C@H](CO)ON3Cc3cccc(-c4cc(C(=O)O)cc(N5CCC[C@@H]5CO)c4)c3OC)C[C@H]1C2. The maximum atomic E-state index is 13.9. The van der Waals surface area contributed by atoms with Crippen molar-refractivity contribution in [2.24, 2.45) is 17.8 Å². The first kappa shape index (κ1) is 32.5. The molecule has 2 aromatic carbocycles. The number of carbonyl (C=O) groups excluding carboxylic acids is 1. The Balaban J connectivity index is 1.31. The van der Waals surface area contributed by atoms with Gasteiger partial charge in [-0.05, 0) is 74.6 Å². The molecule has 0 radical (unpaired) electrons. The van der Waals surface area contributed by atoms with E-state index in [0.717, 1.165) is 32.1 Å². The summed E-state index contributed by atoms with van der Waals surface area (Å²) in [5.74, 6) is -0.615. The van der Waals surface area contributed by atoms with E-state index in [1.807, 2.05) is 29.2 Å². The zero-order valence-corrected chi connectivity index (χ0v) is 26.5. The minimum Gasteiger partial charge on any atom is -0.496 e. The zero-order chi connectivity index (χ0) is 32.7. The summed E-state index contributed by atoms with van der Waals surface area (Å²) in [7, 11) is 1.54. The number of para-hydroxylation sites is 1. The average Bonchev–Trinajstić information content (AvgIpc) is 3.69. The molecule has 11 heteroatoms. The standard InChI is InChI=1S/C35H45N3O8/c1-19-22-10-23(19)13-26(12-22)36-34(42)32-31(20(2)41)30(18-40)46-38(32)16-21-6-4-8-29(33(21)45-3)24-11-25(35(43)44)15-28(14-24)37-9-5-7-27(37)17-39/h4,6,8,11,14-15,20,22-23,26-27,30-32,39-41H,1,5,7,9-10,12-13,16-18H2,2-3H3,(H,36,42)(H,43,44)/t20-,22+,23?,26?,27+,30-,31+,32-/m0/s1. The van der Waals surface area contributed by atoms with Crippen molar-refractivity contribution < 1.29 is 39.6 Å². The first-order valence-electron chi connectivity index (χ1n) is 16.3. The Bertz CT molecular complexity index is 1470. The van der Waals surface area contributed by atoms with Crippen molar-refractivity contribution in [2.45, 2.75) is 75.9 Å². The number of methoxy groups -OCH3 is 1. The van der Waals surface area contributed by atoms with Crippen LogP contribution < -0.4 is 15.0 Å². The number of hydrogen-bond donors (Lipinski definition) is 5. The molecule has 2 aliphatic heterocycles. The first-order chi connectivity index (χ1) is 22.1. The number of hydroxylamine groups is 2. The number of anilines is 1. The van der Waals surface area contributed by atoms with E-state index in [1.165, 1.54) is 10.6 Å². The summed E-state index contributed by atoms with van der Waals surface area (Å²) < 4.78 is 5.93. The topological polar surface area (TPSA) is 152 Å². The van der Waals surface area contributed by atoms with E-state index in [4.69, 9.17) is 9.57 Å². The Morgan fingerprint density at radius 1 is 1.13 bits per heavy atom. The van der Waals surface area contributed by atoms with Crippen LogP contribution in [0.5, 0.6) is 5.75 Å². The molecule has 2 aromatic rings. The molecule has 1 amide bonds. The quantitative estimate of drug-likeness (QED) is 0.233. The van der Waals surface area contributed by atoms with Gasteiger partial charge in [0.15, 0.2) is 0 Å². The lowest BCUT2D eigenvalue weighted by Crippen LogP contribution is -2.54. The normalized spacial score (nSPS) is 29.8. The van der Waals surface area contributed by atoms with Gasteiger partial charge in [0.2, 0.25) is 5.91 Å². The number of nitrogens with one attached hydrogen (secondary N) is 1. The van der Waals surface area contributed by atoms with Crippen LogP contribution in [0, 0.1) is 17.8 Å². The molecular weight excluding hydrogens is 590 g/mol. The lowest BCUT2D eigenvalue weighted by atomic mass is 9.60. The molecule has 46 heavy (non-hydrogen) atoms. The number of hydrogen-bond acceptors (Lipinski definition) is 9. The minimum atomic E-state index is -1.06. The number of carboxylic acids is 1. The number of rotatable bonds is 11. The Labute approximate surface area is 269 Å². The molecule has 11 nitrogen and oxygen atoms in total. The number of nitrogens with zero attached hydrogens (tertiary/aromatic N) is 2. The van der Waals surface area contributed by atoms with Crippen molar-refractivity contribution in [3.8, 4) is 16.9 Å². The molecule has 3 aliphatic carbocycles. The monoisotopic (exact) mass is 635 g/mol. The summed E-state index contributed by atoms with van der Waals surface area (Å²) in [5, 5.41) is 45.6. The van der Waals surface area contributed by atoms with Crippen LogP contribution in [-0.2, 0) is 16.2 Å². The number of aliphatic hydroxyl groups is 3. The molecule has 2 saturated heterocycles. The zero-order valence-electron chi connectivity index (χ0n) is 26.5. The van der Waals surface area contributed by atoms with E-state index in [0.29, 0.717) is 46.5 Å². The van der Waals surface area contributed by atoms with Gasteiger partial charge in [0.05, 0.1) is 44.6 Å². The van der Waals surface area contributed by atoms with Crippen LogP contribution in [-0.4, -0.2) is 94.6 Å². The molecule has 0 spiro atoms. The van der Waals surface area contributed by atoms with Gasteiger partial charge < -0.3 is 35.4 Å². The second-order valence-corrected chi connectivity index (χ2v) is 13.3. The van der Waals surface area contributed by atoms with Crippen molar-refractivity contribution in [1.82, 2.24) is 10.4 Å². The van der Waals surface area contributed by atoms with Gasteiger partial charge in [-0.15, -0.1) is 0 Å². The summed E-state index contributed by atoms with van der Waals surface area (Å²) >= 11 is 0. The number of carbonyl (C=O) groups is 2. The van der Waals surface area contributed by atoms with Crippen LogP contribution in [0.2, 0.25) is 0 Å². The second-order valence-electron chi connectivity index (χ2n) is 13.3. The van der Waals surface area contributed by atoms with Gasteiger partial charge in [-0.3, -0.25) is 9.63 Å². The van der Waals surface area contributed by atoms with Gasteiger partial charge in [0.1, 0.15) is 17.9 Å². The number of aromatic carboxylic acids is 1. The average molecular weight is 636 g/mol. The molecule has 5 N–H and O–H groups in total. The predicted octanol–water partition coefficient (Wildman–Crippen LogP) is 2.97. The fraction of sp³-hybridized carbons (Fsp3) is 0.543. The van der Waals surface area contributed by atoms with Crippen LogP contribution in [0.25, 0.3) is 11.1 Å². The second kappa shape index (κ2) is 13.3. The van der Waals surface area contributed by atoms with E-state index in [9.17, 15) is 30.0 Å². The fourth-order valence-electron chi connectivity index (χ4n) is 8.14. The van der Waals surface area contributed by atoms with E-state index in [-0.39, 0.29) is 43.3 Å². The van der Waals surface area contributed by atoms with E-state index in [2.05, 4.69) is 11.9 Å². The summed E-state index contributed by atoms with van der Waals surface area (Å²) in [6, 6.07) is 9.78. The molecule has 5 aliphatic rings. The van der Waals surface area contributed by atoms with Gasteiger partial charge >= 0.3 is 5.97 Å². The maximum absolute atomic E-state index is 13.9. The largest absolute Gasteiger partial charge is 0.496 e. The number of ether oxygens (including phenoxy) is 1. The van der Waals surface area contributed by atoms with Crippen LogP contribution >= 0.6 is 0 Å². The van der Waals surface area contributed by atoms with Crippen LogP contribution in [0.15, 0.2) is 48.6 Å². The third kappa shape index (κ3) is 6.02. The number of allylic oxidation sites excluding steroid dienone is 1. The molecule has 8 atom stereocenters. The van der Waals surface area contributed by atoms with Gasteiger partial charge in [0.25, 0.3) is 0 Å². The Morgan fingerprint density at radius 3 is 2.52 bits per heavy atom.